The van der Waals surface area contributed by atoms with E-state index >= 15 is 0 Å². The number of benzene rings is 1. The number of amidine groups is 1. The van der Waals surface area contributed by atoms with Crippen LogP contribution in [0.1, 0.15) is 40.7 Å². The van der Waals surface area contributed by atoms with Crippen LogP contribution in [-0.4, -0.2) is 38.0 Å². The number of thioether (sulfide) groups is 2. The Morgan fingerprint density at radius 3 is 2.60 bits per heavy atom. The van der Waals surface area contributed by atoms with Crippen molar-refractivity contribution >= 4 is 34.4 Å². The van der Waals surface area contributed by atoms with Gasteiger partial charge in [-0.3, -0.25) is 4.99 Å². The molecule has 0 saturated heterocycles. The molecule has 0 bridgehead atoms. The van der Waals surface area contributed by atoms with Gasteiger partial charge in [0.25, 0.3) is 0 Å². The molecule has 7 heteroatoms. The molecule has 0 fully saturated rings. The molecule has 0 radical (unpaired) electrons. The number of hydrogen-bond donors (Lipinski definition) is 1. The number of aromatic nitrogens is 3. The van der Waals surface area contributed by atoms with Crippen LogP contribution in [0.4, 0.5) is 5.69 Å². The summed E-state index contributed by atoms with van der Waals surface area (Å²) < 4.78 is 1.94. The van der Waals surface area contributed by atoms with Crippen molar-refractivity contribution in [2.45, 2.75) is 45.8 Å². The lowest BCUT2D eigenvalue weighted by molar-refractivity contribution is 0.486. The Bertz CT molecular complexity index is 611. The number of anilines is 1. The molecule has 1 heterocycles. The van der Waals surface area contributed by atoms with Crippen LogP contribution in [0.3, 0.4) is 0 Å². The molecule has 0 aliphatic heterocycles. The largest absolute Gasteiger partial charge is 0.335 e. The van der Waals surface area contributed by atoms with Crippen LogP contribution in [0, 0.1) is 0 Å². The molecule has 1 N–H and O–H groups in total. The maximum Gasteiger partial charge on any atom is 0.186 e. The Hall–Kier alpha value is -1.47. The quantitative estimate of drug-likeness (QED) is 0.310. The van der Waals surface area contributed by atoms with Crippen molar-refractivity contribution in [3.63, 3.8) is 0 Å². The molecular formula is C18H29N5S2. The Morgan fingerprint density at radius 2 is 1.96 bits per heavy atom. The van der Waals surface area contributed by atoms with Crippen LogP contribution < -0.4 is 5.32 Å². The summed E-state index contributed by atoms with van der Waals surface area (Å²) in [5, 5.41) is 9.54. The van der Waals surface area contributed by atoms with Gasteiger partial charge in [0.05, 0.1) is 6.54 Å². The van der Waals surface area contributed by atoms with Crippen molar-refractivity contribution in [3.8, 4) is 0 Å². The SMILES string of the molecule is CC.CCSC(=NCCSc1ncnn1C(C)C)Nc1ccccc1. The second kappa shape index (κ2) is 12.8. The smallest absolute Gasteiger partial charge is 0.186 e. The van der Waals surface area contributed by atoms with Crippen molar-refractivity contribution < 1.29 is 0 Å². The summed E-state index contributed by atoms with van der Waals surface area (Å²) in [6.45, 7) is 11.1. The molecule has 138 valence electrons. The fourth-order valence-electron chi connectivity index (χ4n) is 1.88. The summed E-state index contributed by atoms with van der Waals surface area (Å²) in [6, 6.07) is 10.5. The van der Waals surface area contributed by atoms with Gasteiger partial charge < -0.3 is 5.32 Å². The fraction of sp³-hybridized carbons (Fsp3) is 0.500. The lowest BCUT2D eigenvalue weighted by atomic mass is 10.3. The van der Waals surface area contributed by atoms with Crippen LogP contribution in [0.5, 0.6) is 0 Å². The Kier molecular flexibility index (Phi) is 11.1. The van der Waals surface area contributed by atoms with Crippen LogP contribution in [0.2, 0.25) is 0 Å². The molecule has 5 nitrogen and oxygen atoms in total. The topological polar surface area (TPSA) is 55.1 Å². The number of hydrogen-bond acceptors (Lipinski definition) is 5. The van der Waals surface area contributed by atoms with Crippen molar-refractivity contribution in [2.75, 3.05) is 23.4 Å². The van der Waals surface area contributed by atoms with Gasteiger partial charge in [-0.25, -0.2) is 9.67 Å². The molecule has 2 rings (SSSR count). The summed E-state index contributed by atoms with van der Waals surface area (Å²) in [4.78, 5) is 8.98. The second-order valence-electron chi connectivity index (χ2n) is 5.04. The summed E-state index contributed by atoms with van der Waals surface area (Å²) in [6.07, 6.45) is 1.61. The van der Waals surface area contributed by atoms with E-state index in [2.05, 4.69) is 41.2 Å². The first-order valence-corrected chi connectivity index (χ1v) is 10.7. The lowest BCUT2D eigenvalue weighted by Crippen LogP contribution is -2.10. The number of para-hydroxylation sites is 1. The Morgan fingerprint density at radius 1 is 1.24 bits per heavy atom. The van der Waals surface area contributed by atoms with Gasteiger partial charge in [-0.2, -0.15) is 5.10 Å². The third-order valence-electron chi connectivity index (χ3n) is 2.91. The number of nitrogens with zero attached hydrogens (tertiary/aromatic N) is 4. The molecule has 25 heavy (non-hydrogen) atoms. The van der Waals surface area contributed by atoms with Crippen LogP contribution >= 0.6 is 23.5 Å². The van der Waals surface area contributed by atoms with Gasteiger partial charge in [0.2, 0.25) is 0 Å². The van der Waals surface area contributed by atoms with E-state index in [9.17, 15) is 0 Å². The van der Waals surface area contributed by atoms with E-state index in [-0.39, 0.29) is 0 Å². The molecule has 1 aromatic carbocycles. The zero-order chi connectivity index (χ0) is 18.5. The van der Waals surface area contributed by atoms with E-state index in [1.807, 2.05) is 48.9 Å². The number of rotatable bonds is 7. The van der Waals surface area contributed by atoms with Gasteiger partial charge in [0.1, 0.15) is 6.33 Å². The van der Waals surface area contributed by atoms with E-state index in [0.717, 1.165) is 34.1 Å². The molecule has 0 unspecified atom stereocenters. The van der Waals surface area contributed by atoms with E-state index in [4.69, 9.17) is 0 Å². The molecule has 0 spiro atoms. The first kappa shape index (κ1) is 21.6. The van der Waals surface area contributed by atoms with E-state index in [1.54, 1.807) is 29.9 Å². The molecule has 2 aromatic rings. The highest BCUT2D eigenvalue weighted by Gasteiger charge is 2.07. The zero-order valence-electron chi connectivity index (χ0n) is 15.8. The summed E-state index contributed by atoms with van der Waals surface area (Å²) in [5.41, 5.74) is 1.07. The molecule has 0 saturated carbocycles. The highest BCUT2D eigenvalue weighted by Crippen LogP contribution is 2.18. The predicted octanol–water partition coefficient (Wildman–Crippen LogP) is 5.20. The Labute approximate surface area is 160 Å². The minimum Gasteiger partial charge on any atom is -0.335 e. The highest BCUT2D eigenvalue weighted by atomic mass is 32.2. The van der Waals surface area contributed by atoms with E-state index < -0.39 is 0 Å². The van der Waals surface area contributed by atoms with E-state index in [0.29, 0.717) is 6.04 Å². The Balaban J connectivity index is 0.00000151. The summed E-state index contributed by atoms with van der Waals surface area (Å²) >= 11 is 3.42. The molecule has 0 aliphatic carbocycles. The third kappa shape index (κ3) is 7.96. The van der Waals surface area contributed by atoms with Crippen LogP contribution in [0.15, 0.2) is 46.8 Å². The molecule has 0 amide bonds. The molecule has 0 atom stereocenters. The molecular weight excluding hydrogens is 350 g/mol. The summed E-state index contributed by atoms with van der Waals surface area (Å²) in [5.74, 6) is 1.88. The first-order valence-electron chi connectivity index (χ1n) is 8.72. The third-order valence-corrected chi connectivity index (χ3v) is 4.64. The molecule has 1 aromatic heterocycles. The van der Waals surface area contributed by atoms with Gasteiger partial charge in [0, 0.05) is 17.5 Å². The number of nitrogens with one attached hydrogen (secondary N) is 1. The van der Waals surface area contributed by atoms with Crippen molar-refractivity contribution in [3.05, 3.63) is 36.7 Å². The minimum atomic E-state index is 0.328. The molecule has 0 aliphatic rings. The fourth-order valence-corrected chi connectivity index (χ4v) is 3.41. The van der Waals surface area contributed by atoms with Crippen LogP contribution in [-0.2, 0) is 0 Å². The monoisotopic (exact) mass is 379 g/mol. The van der Waals surface area contributed by atoms with Gasteiger partial charge in [-0.05, 0) is 31.7 Å². The number of aliphatic imine (C=N–C) groups is 1. The van der Waals surface area contributed by atoms with Crippen molar-refractivity contribution in [1.29, 1.82) is 0 Å². The normalized spacial score (nSPS) is 11.2. The predicted molar refractivity (Wildman–Crippen MR) is 113 cm³/mol. The van der Waals surface area contributed by atoms with E-state index in [1.165, 1.54) is 0 Å². The zero-order valence-corrected chi connectivity index (χ0v) is 17.4. The average Bonchev–Trinajstić information content (AvgIpc) is 3.10. The second-order valence-corrected chi connectivity index (χ2v) is 7.36. The first-order chi connectivity index (χ1) is 12.2. The minimum absolute atomic E-state index is 0.328. The van der Waals surface area contributed by atoms with Gasteiger partial charge in [0.15, 0.2) is 10.3 Å². The van der Waals surface area contributed by atoms with Gasteiger partial charge >= 0.3 is 0 Å². The lowest BCUT2D eigenvalue weighted by Gasteiger charge is -2.09. The van der Waals surface area contributed by atoms with Gasteiger partial charge in [-0.15, -0.1) is 0 Å². The standard InChI is InChI=1S/C16H23N5S2.C2H6/c1-4-22-15(20-14-8-6-5-7-9-14)17-10-11-23-16-18-12-19-21(16)13(2)3;1-2/h5-9,12-13H,4,10-11H2,1-3H3,(H,17,20);1-2H3. The van der Waals surface area contributed by atoms with Crippen molar-refractivity contribution in [2.24, 2.45) is 4.99 Å². The summed E-state index contributed by atoms with van der Waals surface area (Å²) in [7, 11) is 0. The van der Waals surface area contributed by atoms with Gasteiger partial charge in [-0.1, -0.05) is 62.5 Å². The maximum absolute atomic E-state index is 4.67. The average molecular weight is 380 g/mol. The van der Waals surface area contributed by atoms with Crippen molar-refractivity contribution in [1.82, 2.24) is 14.8 Å². The maximum atomic E-state index is 4.67. The highest BCUT2D eigenvalue weighted by molar-refractivity contribution is 8.14. The van der Waals surface area contributed by atoms with Crippen LogP contribution in [0.25, 0.3) is 0 Å².